The number of carbonyl (C=O) groups is 1. The largest absolute Gasteiger partial charge is 0.465 e. The van der Waals surface area contributed by atoms with E-state index in [0.717, 1.165) is 19.2 Å². The number of nitro benzene ring substituents is 1. The highest BCUT2D eigenvalue weighted by atomic mass is 19.4. The molecule has 0 spiro atoms. The van der Waals surface area contributed by atoms with Crippen molar-refractivity contribution < 1.29 is 27.6 Å². The third-order valence-corrected chi connectivity index (χ3v) is 2.34. The number of esters is 1. The summed E-state index contributed by atoms with van der Waals surface area (Å²) in [5.74, 6) is -0.737. The molecule has 0 aliphatic carbocycles. The van der Waals surface area contributed by atoms with Crippen LogP contribution in [0.3, 0.4) is 0 Å². The molecule has 1 rings (SSSR count). The van der Waals surface area contributed by atoms with Gasteiger partial charge >= 0.3 is 12.1 Å². The molecule has 20 heavy (non-hydrogen) atoms. The van der Waals surface area contributed by atoms with Crippen LogP contribution in [-0.2, 0) is 4.74 Å². The van der Waals surface area contributed by atoms with Crippen molar-refractivity contribution in [2.45, 2.75) is 12.6 Å². The first-order valence-corrected chi connectivity index (χ1v) is 5.42. The number of carbonyl (C=O) groups excluding carboxylic acids is 1. The van der Waals surface area contributed by atoms with Crippen LogP contribution in [0, 0.1) is 10.1 Å². The minimum atomic E-state index is -4.37. The first-order valence-electron chi connectivity index (χ1n) is 5.42. The summed E-state index contributed by atoms with van der Waals surface area (Å²) in [7, 11) is 1.13. The summed E-state index contributed by atoms with van der Waals surface area (Å²) in [5, 5.41) is 13.1. The Balaban J connectivity index is 2.94. The summed E-state index contributed by atoms with van der Waals surface area (Å²) >= 11 is 0. The van der Waals surface area contributed by atoms with Crippen LogP contribution in [-0.4, -0.2) is 30.7 Å². The standard InChI is InChI=1S/C11H11F3N2O4/c1-20-10(17)7-2-3-9(16(18)19)8(6-7)15-5-4-11(12,13)14/h2-3,6,15H,4-5H2,1H3. The lowest BCUT2D eigenvalue weighted by Crippen LogP contribution is -2.15. The number of benzene rings is 1. The van der Waals surface area contributed by atoms with Gasteiger partial charge in [-0.05, 0) is 12.1 Å². The number of halogens is 3. The van der Waals surface area contributed by atoms with Crippen molar-refractivity contribution in [3.05, 3.63) is 33.9 Å². The molecule has 0 atom stereocenters. The molecule has 0 aromatic heterocycles. The Bertz CT molecular complexity index is 517. The van der Waals surface area contributed by atoms with E-state index in [0.29, 0.717) is 0 Å². The number of nitro groups is 1. The van der Waals surface area contributed by atoms with Gasteiger partial charge < -0.3 is 10.1 Å². The van der Waals surface area contributed by atoms with Gasteiger partial charge in [0.1, 0.15) is 5.69 Å². The van der Waals surface area contributed by atoms with Gasteiger partial charge in [-0.15, -0.1) is 0 Å². The van der Waals surface area contributed by atoms with Crippen molar-refractivity contribution in [3.63, 3.8) is 0 Å². The Morgan fingerprint density at radius 3 is 2.60 bits per heavy atom. The number of anilines is 1. The average Bonchev–Trinajstić information content (AvgIpc) is 2.35. The maximum absolute atomic E-state index is 12.0. The van der Waals surface area contributed by atoms with Crippen molar-refractivity contribution in [1.29, 1.82) is 0 Å². The van der Waals surface area contributed by atoms with Gasteiger partial charge in [-0.1, -0.05) is 0 Å². The van der Waals surface area contributed by atoms with Crippen LogP contribution in [0.25, 0.3) is 0 Å². The van der Waals surface area contributed by atoms with Crippen LogP contribution in [0.2, 0.25) is 0 Å². The lowest BCUT2D eigenvalue weighted by Gasteiger charge is -2.10. The minimum Gasteiger partial charge on any atom is -0.465 e. The Morgan fingerprint density at radius 1 is 1.45 bits per heavy atom. The fourth-order valence-corrected chi connectivity index (χ4v) is 1.42. The van der Waals surface area contributed by atoms with Crippen LogP contribution >= 0.6 is 0 Å². The summed E-state index contributed by atoms with van der Waals surface area (Å²) in [4.78, 5) is 21.3. The normalized spacial score (nSPS) is 11.0. The third-order valence-electron chi connectivity index (χ3n) is 2.34. The maximum atomic E-state index is 12.0. The van der Waals surface area contributed by atoms with Crippen molar-refractivity contribution in [2.24, 2.45) is 0 Å². The van der Waals surface area contributed by atoms with Gasteiger partial charge in [0.2, 0.25) is 0 Å². The molecule has 9 heteroatoms. The smallest absolute Gasteiger partial charge is 0.390 e. The fourth-order valence-electron chi connectivity index (χ4n) is 1.42. The number of ether oxygens (including phenoxy) is 1. The minimum absolute atomic E-state index is 0.00705. The summed E-state index contributed by atoms with van der Waals surface area (Å²) in [6, 6.07) is 3.28. The zero-order chi connectivity index (χ0) is 15.3. The quantitative estimate of drug-likeness (QED) is 0.512. The van der Waals surface area contributed by atoms with Gasteiger partial charge in [0, 0.05) is 12.6 Å². The molecular formula is C11H11F3N2O4. The highest BCUT2D eigenvalue weighted by molar-refractivity contribution is 5.91. The van der Waals surface area contributed by atoms with E-state index in [4.69, 9.17) is 0 Å². The number of methoxy groups -OCH3 is 1. The number of rotatable bonds is 5. The van der Waals surface area contributed by atoms with Crippen molar-refractivity contribution in [1.82, 2.24) is 0 Å². The van der Waals surface area contributed by atoms with Gasteiger partial charge in [-0.25, -0.2) is 4.79 Å². The molecule has 0 aliphatic heterocycles. The van der Waals surface area contributed by atoms with Gasteiger partial charge in [0.05, 0.1) is 24.0 Å². The second-order valence-corrected chi connectivity index (χ2v) is 3.77. The van der Waals surface area contributed by atoms with Crippen molar-refractivity contribution in [2.75, 3.05) is 19.0 Å². The van der Waals surface area contributed by atoms with Gasteiger partial charge in [-0.2, -0.15) is 13.2 Å². The molecule has 0 aliphatic rings. The average molecular weight is 292 g/mol. The molecule has 1 aromatic rings. The predicted molar refractivity (Wildman–Crippen MR) is 63.6 cm³/mol. The summed E-state index contributed by atoms with van der Waals surface area (Å²) in [6.07, 6.45) is -5.52. The van der Waals surface area contributed by atoms with Crippen LogP contribution < -0.4 is 5.32 Å². The number of alkyl halides is 3. The van der Waals surface area contributed by atoms with E-state index in [1.165, 1.54) is 6.07 Å². The molecule has 0 saturated heterocycles. The van der Waals surface area contributed by atoms with Crippen LogP contribution in [0.5, 0.6) is 0 Å². The monoisotopic (exact) mass is 292 g/mol. The van der Waals surface area contributed by atoms with Crippen molar-refractivity contribution in [3.8, 4) is 0 Å². The number of nitrogens with zero attached hydrogens (tertiary/aromatic N) is 1. The molecule has 1 aromatic carbocycles. The van der Waals surface area contributed by atoms with Crippen LogP contribution in [0.4, 0.5) is 24.5 Å². The SMILES string of the molecule is COC(=O)c1ccc([N+](=O)[O-])c(NCCC(F)(F)F)c1. The van der Waals surface area contributed by atoms with Crippen molar-refractivity contribution >= 4 is 17.3 Å². The highest BCUT2D eigenvalue weighted by Crippen LogP contribution is 2.27. The topological polar surface area (TPSA) is 81.5 Å². The van der Waals surface area contributed by atoms with Gasteiger partial charge in [0.25, 0.3) is 5.69 Å². The lowest BCUT2D eigenvalue weighted by molar-refractivity contribution is -0.384. The van der Waals surface area contributed by atoms with Crippen LogP contribution in [0.1, 0.15) is 16.8 Å². The van der Waals surface area contributed by atoms with E-state index < -0.39 is 35.7 Å². The number of nitrogens with one attached hydrogen (secondary N) is 1. The molecule has 0 unspecified atom stereocenters. The molecule has 1 N–H and O–H groups in total. The summed E-state index contributed by atoms with van der Waals surface area (Å²) in [6.45, 7) is -0.533. The second kappa shape index (κ2) is 6.22. The van der Waals surface area contributed by atoms with E-state index in [1.54, 1.807) is 0 Å². The van der Waals surface area contributed by atoms with E-state index in [2.05, 4.69) is 10.1 Å². The molecule has 0 amide bonds. The van der Waals surface area contributed by atoms with E-state index in [1.807, 2.05) is 0 Å². The molecule has 0 saturated carbocycles. The Morgan fingerprint density at radius 2 is 2.10 bits per heavy atom. The molecule has 110 valence electrons. The lowest BCUT2D eigenvalue weighted by atomic mass is 10.1. The summed E-state index contributed by atoms with van der Waals surface area (Å²) in [5.41, 5.74) is -0.574. The van der Waals surface area contributed by atoms with E-state index >= 15 is 0 Å². The zero-order valence-electron chi connectivity index (χ0n) is 10.4. The second-order valence-electron chi connectivity index (χ2n) is 3.77. The van der Waals surface area contributed by atoms with E-state index in [9.17, 15) is 28.1 Å². The maximum Gasteiger partial charge on any atom is 0.390 e. The van der Waals surface area contributed by atoms with E-state index in [-0.39, 0.29) is 11.3 Å². The van der Waals surface area contributed by atoms with Crippen LogP contribution in [0.15, 0.2) is 18.2 Å². The first kappa shape index (κ1) is 15.7. The number of hydrogen-bond donors (Lipinski definition) is 1. The fraction of sp³-hybridized carbons (Fsp3) is 0.364. The Labute approximate surface area is 111 Å². The van der Waals surface area contributed by atoms with Gasteiger partial charge in [-0.3, -0.25) is 10.1 Å². The summed E-state index contributed by atoms with van der Waals surface area (Å²) < 4.78 is 40.5. The molecule has 0 fully saturated rings. The molecule has 0 bridgehead atoms. The molecule has 0 heterocycles. The molecule has 0 radical (unpaired) electrons. The molecular weight excluding hydrogens is 281 g/mol. The third kappa shape index (κ3) is 4.41. The molecule has 6 nitrogen and oxygen atoms in total. The number of hydrogen-bond acceptors (Lipinski definition) is 5. The van der Waals surface area contributed by atoms with Gasteiger partial charge in [0.15, 0.2) is 0 Å². The Hall–Kier alpha value is -2.32. The predicted octanol–water partition coefficient (Wildman–Crippen LogP) is 2.75. The zero-order valence-corrected chi connectivity index (χ0v) is 10.4. The highest BCUT2D eigenvalue weighted by Gasteiger charge is 2.27. The first-order chi connectivity index (χ1) is 9.24. The Kier molecular flexibility index (Phi) is 4.89.